The third-order valence-corrected chi connectivity index (χ3v) is 6.45. The van der Waals surface area contributed by atoms with Crippen LogP contribution in [-0.4, -0.2) is 30.6 Å². The summed E-state index contributed by atoms with van der Waals surface area (Å²) >= 11 is 0. The van der Waals surface area contributed by atoms with Gasteiger partial charge in [-0.3, -0.25) is 4.90 Å². The first-order chi connectivity index (χ1) is 11.9. The SMILES string of the molecule is CC(C)=CCC/C(C)=C/CN(CCN)C1C(C)CC2CC(C)CC1C2. The fraction of sp³-hybridized carbons (Fsp3) is 0.826. The maximum atomic E-state index is 5.99. The van der Waals surface area contributed by atoms with Gasteiger partial charge >= 0.3 is 0 Å². The molecule has 5 atom stereocenters. The second-order valence-corrected chi connectivity index (χ2v) is 9.30. The average Bonchev–Trinajstić information content (AvgIpc) is 2.51. The lowest BCUT2D eigenvalue weighted by atomic mass is 9.62. The topological polar surface area (TPSA) is 29.3 Å². The molecule has 5 unspecified atom stereocenters. The van der Waals surface area contributed by atoms with E-state index < -0.39 is 0 Å². The number of fused-ring (bicyclic) bond motifs is 2. The summed E-state index contributed by atoms with van der Waals surface area (Å²) in [6.45, 7) is 14.5. The summed E-state index contributed by atoms with van der Waals surface area (Å²) in [6, 6.07) is 0.740. The van der Waals surface area contributed by atoms with Gasteiger partial charge in [0.1, 0.15) is 0 Å². The van der Waals surface area contributed by atoms with Gasteiger partial charge in [-0.05, 0) is 83.0 Å². The van der Waals surface area contributed by atoms with Crippen LogP contribution in [0.2, 0.25) is 0 Å². The summed E-state index contributed by atoms with van der Waals surface area (Å²) in [6.07, 6.45) is 13.0. The van der Waals surface area contributed by atoms with Gasteiger partial charge in [-0.2, -0.15) is 0 Å². The highest BCUT2D eigenvalue weighted by Crippen LogP contribution is 2.46. The van der Waals surface area contributed by atoms with Gasteiger partial charge in [-0.15, -0.1) is 0 Å². The first-order valence-corrected chi connectivity index (χ1v) is 10.6. The van der Waals surface area contributed by atoms with Crippen LogP contribution in [0.1, 0.15) is 73.1 Å². The molecule has 25 heavy (non-hydrogen) atoms. The van der Waals surface area contributed by atoms with Gasteiger partial charge in [0.05, 0.1) is 0 Å². The van der Waals surface area contributed by atoms with Crippen LogP contribution in [-0.2, 0) is 0 Å². The van der Waals surface area contributed by atoms with Crippen LogP contribution >= 0.6 is 0 Å². The molecule has 0 aromatic carbocycles. The summed E-state index contributed by atoms with van der Waals surface area (Å²) in [5.41, 5.74) is 8.94. The van der Waals surface area contributed by atoms with E-state index in [4.69, 9.17) is 5.73 Å². The van der Waals surface area contributed by atoms with Crippen molar-refractivity contribution in [2.24, 2.45) is 29.4 Å². The Morgan fingerprint density at radius 1 is 1.04 bits per heavy atom. The second-order valence-electron chi connectivity index (χ2n) is 9.30. The van der Waals surface area contributed by atoms with Crippen molar-refractivity contribution < 1.29 is 0 Å². The predicted octanol–water partition coefficient (Wildman–Crippen LogP) is 5.40. The van der Waals surface area contributed by atoms with E-state index in [1.165, 1.54) is 49.7 Å². The van der Waals surface area contributed by atoms with E-state index in [1.54, 1.807) is 0 Å². The molecule has 144 valence electrons. The molecule has 0 aromatic rings. The van der Waals surface area contributed by atoms with Crippen LogP contribution in [0.25, 0.3) is 0 Å². The van der Waals surface area contributed by atoms with Crippen molar-refractivity contribution in [3.05, 3.63) is 23.3 Å². The molecule has 0 amide bonds. The van der Waals surface area contributed by atoms with Crippen molar-refractivity contribution in [2.45, 2.75) is 79.2 Å². The van der Waals surface area contributed by atoms with Gasteiger partial charge in [0.25, 0.3) is 0 Å². The van der Waals surface area contributed by atoms with Gasteiger partial charge in [0.15, 0.2) is 0 Å². The van der Waals surface area contributed by atoms with Crippen LogP contribution in [0.15, 0.2) is 23.3 Å². The van der Waals surface area contributed by atoms with Crippen molar-refractivity contribution in [2.75, 3.05) is 19.6 Å². The molecule has 2 N–H and O–H groups in total. The van der Waals surface area contributed by atoms with Gasteiger partial charge < -0.3 is 5.73 Å². The van der Waals surface area contributed by atoms with Crippen LogP contribution in [0.4, 0.5) is 0 Å². The number of rotatable bonds is 8. The minimum atomic E-state index is 0.740. The van der Waals surface area contributed by atoms with E-state index in [9.17, 15) is 0 Å². The van der Waals surface area contributed by atoms with Crippen LogP contribution < -0.4 is 5.73 Å². The van der Waals surface area contributed by atoms with Crippen molar-refractivity contribution in [3.63, 3.8) is 0 Å². The number of allylic oxidation sites excluding steroid dienone is 3. The summed E-state index contributed by atoms with van der Waals surface area (Å²) in [5.74, 6) is 3.62. The van der Waals surface area contributed by atoms with E-state index >= 15 is 0 Å². The van der Waals surface area contributed by atoms with Crippen LogP contribution in [0.3, 0.4) is 0 Å². The average molecular weight is 347 g/mol. The zero-order chi connectivity index (χ0) is 18.4. The minimum absolute atomic E-state index is 0.740. The molecular weight excluding hydrogens is 304 g/mol. The molecule has 2 heteroatoms. The van der Waals surface area contributed by atoms with Crippen LogP contribution in [0, 0.1) is 23.7 Å². The Kier molecular flexibility index (Phi) is 8.22. The van der Waals surface area contributed by atoms with Gasteiger partial charge in [0.2, 0.25) is 0 Å². The summed E-state index contributed by atoms with van der Waals surface area (Å²) < 4.78 is 0. The number of nitrogens with zero attached hydrogens (tertiary/aromatic N) is 1. The summed E-state index contributed by atoms with van der Waals surface area (Å²) in [4.78, 5) is 2.72. The van der Waals surface area contributed by atoms with E-state index in [-0.39, 0.29) is 0 Å². The highest BCUT2D eigenvalue weighted by molar-refractivity contribution is 5.04. The Morgan fingerprint density at radius 2 is 1.80 bits per heavy atom. The zero-order valence-electron chi connectivity index (χ0n) is 17.4. The lowest BCUT2D eigenvalue weighted by Crippen LogP contribution is -2.52. The molecular formula is C23H42N2. The maximum absolute atomic E-state index is 5.99. The summed E-state index contributed by atoms with van der Waals surface area (Å²) in [7, 11) is 0. The van der Waals surface area contributed by atoms with Crippen molar-refractivity contribution >= 4 is 0 Å². The molecule has 0 aromatic heterocycles. The third kappa shape index (κ3) is 6.25. The fourth-order valence-corrected chi connectivity index (χ4v) is 5.55. The van der Waals surface area contributed by atoms with Gasteiger partial charge in [-0.25, -0.2) is 0 Å². The quantitative estimate of drug-likeness (QED) is 0.596. The molecule has 2 aliphatic carbocycles. The minimum Gasteiger partial charge on any atom is -0.329 e. The Labute approximate surface area is 156 Å². The Hall–Kier alpha value is -0.600. The highest BCUT2D eigenvalue weighted by Gasteiger charge is 2.42. The van der Waals surface area contributed by atoms with E-state index in [2.05, 4.69) is 51.7 Å². The Morgan fingerprint density at radius 3 is 2.48 bits per heavy atom. The molecule has 2 fully saturated rings. The standard InChI is InChI=1S/C23H42N2/c1-17(2)7-6-8-18(3)9-11-25(12-10-24)23-20(5)15-21-13-19(4)14-22(23)16-21/h7,9,19-23H,6,8,10-16,24H2,1-5H3/b18-9+. The Bertz CT molecular complexity index is 457. The second kappa shape index (κ2) is 9.92. The van der Waals surface area contributed by atoms with Crippen molar-refractivity contribution in [1.82, 2.24) is 4.90 Å². The molecule has 2 bridgehead atoms. The first-order valence-electron chi connectivity index (χ1n) is 10.6. The Balaban J connectivity index is 1.99. The third-order valence-electron chi connectivity index (χ3n) is 6.45. The van der Waals surface area contributed by atoms with Gasteiger partial charge in [0, 0.05) is 25.7 Å². The smallest absolute Gasteiger partial charge is 0.0169 e. The van der Waals surface area contributed by atoms with E-state index in [1.807, 2.05) is 0 Å². The lowest BCUT2D eigenvalue weighted by molar-refractivity contribution is 0.00502. The monoisotopic (exact) mass is 346 g/mol. The molecule has 2 nitrogen and oxygen atoms in total. The number of hydrogen-bond donors (Lipinski definition) is 1. The summed E-state index contributed by atoms with van der Waals surface area (Å²) in [5, 5.41) is 0. The van der Waals surface area contributed by atoms with E-state index in [0.29, 0.717) is 0 Å². The normalized spacial score (nSPS) is 32.8. The molecule has 0 heterocycles. The molecule has 0 spiro atoms. The molecule has 0 radical (unpaired) electrons. The largest absolute Gasteiger partial charge is 0.329 e. The molecule has 2 aliphatic rings. The van der Waals surface area contributed by atoms with E-state index in [0.717, 1.165) is 49.3 Å². The molecule has 0 saturated heterocycles. The molecule has 2 saturated carbocycles. The lowest BCUT2D eigenvalue weighted by Gasteiger charge is -2.50. The molecule has 0 aliphatic heterocycles. The van der Waals surface area contributed by atoms with Crippen molar-refractivity contribution in [1.29, 1.82) is 0 Å². The van der Waals surface area contributed by atoms with Gasteiger partial charge in [-0.1, -0.05) is 37.1 Å². The maximum Gasteiger partial charge on any atom is 0.0169 e. The first kappa shape index (κ1) is 20.7. The highest BCUT2D eigenvalue weighted by atomic mass is 15.2. The van der Waals surface area contributed by atoms with Crippen molar-refractivity contribution in [3.8, 4) is 0 Å². The number of nitrogens with two attached hydrogens (primary N) is 1. The van der Waals surface area contributed by atoms with Crippen LogP contribution in [0.5, 0.6) is 0 Å². The predicted molar refractivity (Wildman–Crippen MR) is 111 cm³/mol. The number of hydrogen-bond acceptors (Lipinski definition) is 2. The zero-order valence-corrected chi connectivity index (χ0v) is 17.4. The molecule has 2 rings (SSSR count). The fourth-order valence-electron chi connectivity index (χ4n) is 5.55.